The third kappa shape index (κ3) is 6.10. The lowest BCUT2D eigenvalue weighted by atomic mass is 10.1. The molecule has 7 heteroatoms. The van der Waals surface area contributed by atoms with E-state index in [2.05, 4.69) is 5.32 Å². The Morgan fingerprint density at radius 3 is 2.56 bits per heavy atom. The predicted octanol–water partition coefficient (Wildman–Crippen LogP) is 5.29. The number of amides is 1. The van der Waals surface area contributed by atoms with Gasteiger partial charge in [-0.15, -0.1) is 0 Å². The number of methoxy groups -OCH3 is 1. The normalized spacial score (nSPS) is 10.9. The topological polar surface area (TPSA) is 71.3 Å². The summed E-state index contributed by atoms with van der Waals surface area (Å²) in [5.74, 6) is -0.262. The predicted molar refractivity (Wildman–Crippen MR) is 121 cm³/mol. The second-order valence-corrected chi connectivity index (χ2v) is 7.20. The van der Waals surface area contributed by atoms with Crippen LogP contribution in [0.25, 0.3) is 6.08 Å². The maximum Gasteiger partial charge on any atom is 0.262 e. The third-order valence-electron chi connectivity index (χ3n) is 4.50. The van der Waals surface area contributed by atoms with E-state index in [9.17, 15) is 14.4 Å². The van der Waals surface area contributed by atoms with Crippen molar-refractivity contribution in [2.75, 3.05) is 7.11 Å². The van der Waals surface area contributed by atoms with Crippen molar-refractivity contribution in [2.45, 2.75) is 13.2 Å². The summed E-state index contributed by atoms with van der Waals surface area (Å²) in [5, 5.41) is 12.4. The molecule has 0 aliphatic carbocycles. The fourth-order valence-corrected chi connectivity index (χ4v) is 3.21. The van der Waals surface area contributed by atoms with Crippen molar-refractivity contribution in [3.8, 4) is 17.6 Å². The number of carbonyl (C=O) groups excluding carboxylic acids is 1. The second kappa shape index (κ2) is 11.0. The van der Waals surface area contributed by atoms with Gasteiger partial charge in [-0.3, -0.25) is 4.79 Å². The molecule has 0 unspecified atom stereocenters. The van der Waals surface area contributed by atoms with Crippen LogP contribution in [0.1, 0.15) is 16.7 Å². The fraction of sp³-hybridized carbons (Fsp3) is 0.120. The lowest BCUT2D eigenvalue weighted by molar-refractivity contribution is -0.117. The van der Waals surface area contributed by atoms with Gasteiger partial charge in [0.05, 0.1) is 12.1 Å². The number of nitrogens with one attached hydrogen (secondary N) is 1. The Kier molecular flexibility index (Phi) is 7.85. The summed E-state index contributed by atoms with van der Waals surface area (Å²) in [6.07, 6.45) is 1.42. The van der Waals surface area contributed by atoms with Crippen LogP contribution in [0, 0.1) is 17.1 Å². The first-order valence-corrected chi connectivity index (χ1v) is 10.1. The van der Waals surface area contributed by atoms with Gasteiger partial charge in [-0.05, 0) is 47.0 Å². The molecule has 5 nitrogen and oxygen atoms in total. The number of hydrogen-bond acceptors (Lipinski definition) is 4. The Morgan fingerprint density at radius 1 is 1.12 bits per heavy atom. The molecule has 0 fully saturated rings. The molecule has 0 saturated heterocycles. The van der Waals surface area contributed by atoms with Crippen LogP contribution in [0.4, 0.5) is 4.39 Å². The zero-order valence-electron chi connectivity index (χ0n) is 17.3. The van der Waals surface area contributed by atoms with Crippen LogP contribution < -0.4 is 14.8 Å². The average molecular weight is 451 g/mol. The maximum absolute atomic E-state index is 13.4. The van der Waals surface area contributed by atoms with Crippen LogP contribution in [0.5, 0.6) is 11.5 Å². The number of benzene rings is 3. The van der Waals surface area contributed by atoms with Crippen LogP contribution in [0.3, 0.4) is 0 Å². The van der Waals surface area contributed by atoms with Crippen LogP contribution >= 0.6 is 11.6 Å². The molecule has 0 aliphatic heterocycles. The van der Waals surface area contributed by atoms with E-state index in [1.165, 1.54) is 25.3 Å². The lowest BCUT2D eigenvalue weighted by Crippen LogP contribution is -2.23. The summed E-state index contributed by atoms with van der Waals surface area (Å²) in [4.78, 5) is 12.4. The largest absolute Gasteiger partial charge is 0.493 e. The Bertz CT molecular complexity index is 1170. The van der Waals surface area contributed by atoms with Crippen molar-refractivity contribution in [2.24, 2.45) is 0 Å². The molecule has 0 aliphatic rings. The maximum atomic E-state index is 13.4. The number of nitriles is 1. The quantitative estimate of drug-likeness (QED) is 0.374. The van der Waals surface area contributed by atoms with Crippen molar-refractivity contribution >= 4 is 23.6 Å². The molecular weight excluding hydrogens is 431 g/mol. The van der Waals surface area contributed by atoms with E-state index in [4.69, 9.17) is 21.1 Å². The SMILES string of the molecule is COc1cc(/C=C(/C#N)C(=O)NCc2ccccc2)cc(Cl)c1OCc1cccc(F)c1. The Labute approximate surface area is 190 Å². The number of ether oxygens (including phenoxy) is 2. The number of hydrogen-bond donors (Lipinski definition) is 1. The molecule has 1 N–H and O–H groups in total. The lowest BCUT2D eigenvalue weighted by Gasteiger charge is -2.14. The third-order valence-corrected chi connectivity index (χ3v) is 4.78. The Balaban J connectivity index is 1.76. The molecule has 0 atom stereocenters. The fourth-order valence-electron chi connectivity index (χ4n) is 2.93. The van der Waals surface area contributed by atoms with Crippen molar-refractivity contribution in [1.29, 1.82) is 5.26 Å². The van der Waals surface area contributed by atoms with Crippen molar-refractivity contribution in [1.82, 2.24) is 5.32 Å². The first-order chi connectivity index (χ1) is 15.5. The molecule has 0 heterocycles. The van der Waals surface area contributed by atoms with E-state index >= 15 is 0 Å². The number of rotatable bonds is 8. The summed E-state index contributed by atoms with van der Waals surface area (Å²) < 4.78 is 24.5. The van der Waals surface area contributed by atoms with Gasteiger partial charge in [0.25, 0.3) is 5.91 Å². The van der Waals surface area contributed by atoms with E-state index < -0.39 is 5.91 Å². The van der Waals surface area contributed by atoms with Crippen LogP contribution in [-0.4, -0.2) is 13.0 Å². The van der Waals surface area contributed by atoms with Gasteiger partial charge in [0, 0.05) is 6.54 Å². The van der Waals surface area contributed by atoms with E-state index in [0.717, 1.165) is 5.56 Å². The van der Waals surface area contributed by atoms with Gasteiger partial charge in [-0.1, -0.05) is 54.1 Å². The zero-order valence-corrected chi connectivity index (χ0v) is 18.0. The van der Waals surface area contributed by atoms with E-state index in [-0.39, 0.29) is 28.8 Å². The van der Waals surface area contributed by atoms with Gasteiger partial charge < -0.3 is 14.8 Å². The molecule has 1 amide bonds. The van der Waals surface area contributed by atoms with E-state index in [0.29, 0.717) is 23.4 Å². The number of nitrogens with zero attached hydrogens (tertiary/aromatic N) is 1. The minimum absolute atomic E-state index is 0.0764. The van der Waals surface area contributed by atoms with Gasteiger partial charge >= 0.3 is 0 Å². The van der Waals surface area contributed by atoms with Crippen molar-refractivity contribution in [3.05, 3.63) is 99.8 Å². The molecule has 3 aromatic carbocycles. The summed E-state index contributed by atoms with van der Waals surface area (Å²) in [7, 11) is 1.45. The minimum Gasteiger partial charge on any atom is -0.493 e. The van der Waals surface area contributed by atoms with Gasteiger partial charge in [-0.2, -0.15) is 5.26 Å². The smallest absolute Gasteiger partial charge is 0.262 e. The highest BCUT2D eigenvalue weighted by Gasteiger charge is 2.14. The zero-order chi connectivity index (χ0) is 22.9. The summed E-state index contributed by atoms with van der Waals surface area (Å²) in [6, 6.07) is 20.5. The molecule has 0 radical (unpaired) electrons. The first-order valence-electron chi connectivity index (χ1n) is 9.69. The highest BCUT2D eigenvalue weighted by atomic mass is 35.5. The van der Waals surface area contributed by atoms with E-state index in [1.807, 2.05) is 36.4 Å². The summed E-state index contributed by atoms with van der Waals surface area (Å²) in [6.45, 7) is 0.393. The van der Waals surface area contributed by atoms with Crippen molar-refractivity contribution in [3.63, 3.8) is 0 Å². The van der Waals surface area contributed by atoms with Gasteiger partial charge in [0.1, 0.15) is 24.1 Å². The number of carbonyl (C=O) groups is 1. The molecule has 3 rings (SSSR count). The molecule has 0 spiro atoms. The Morgan fingerprint density at radius 2 is 1.88 bits per heavy atom. The van der Waals surface area contributed by atoms with Gasteiger partial charge in [-0.25, -0.2) is 4.39 Å². The van der Waals surface area contributed by atoms with E-state index in [1.54, 1.807) is 24.3 Å². The van der Waals surface area contributed by atoms with Crippen LogP contribution in [0.15, 0.2) is 72.3 Å². The molecule has 162 valence electrons. The second-order valence-electron chi connectivity index (χ2n) is 6.79. The standard InChI is InChI=1S/C25H20ClFN2O3/c1-31-23-13-19(10-20(14-28)25(30)29-15-17-6-3-2-4-7-17)12-22(26)24(23)32-16-18-8-5-9-21(27)11-18/h2-13H,15-16H2,1H3,(H,29,30)/b20-10-. The molecular formula is C25H20ClFN2O3. The van der Waals surface area contributed by atoms with Gasteiger partial charge in [0.2, 0.25) is 0 Å². The first kappa shape index (κ1) is 22.9. The summed E-state index contributed by atoms with van der Waals surface area (Å²) >= 11 is 6.37. The minimum atomic E-state index is -0.502. The molecule has 32 heavy (non-hydrogen) atoms. The molecule has 0 aromatic heterocycles. The van der Waals surface area contributed by atoms with Gasteiger partial charge in [0.15, 0.2) is 11.5 Å². The van der Waals surface area contributed by atoms with Crippen LogP contribution in [0.2, 0.25) is 5.02 Å². The average Bonchev–Trinajstić information content (AvgIpc) is 2.80. The Hall–Kier alpha value is -3.82. The molecule has 3 aromatic rings. The number of halogens is 2. The highest BCUT2D eigenvalue weighted by Crippen LogP contribution is 2.37. The summed E-state index contributed by atoms with van der Waals surface area (Å²) in [5.41, 5.74) is 1.97. The van der Waals surface area contributed by atoms with Crippen LogP contribution in [-0.2, 0) is 17.9 Å². The molecule has 0 bridgehead atoms. The monoisotopic (exact) mass is 450 g/mol. The highest BCUT2D eigenvalue weighted by molar-refractivity contribution is 6.32. The van der Waals surface area contributed by atoms with Crippen molar-refractivity contribution < 1.29 is 18.7 Å². The molecule has 0 saturated carbocycles.